The van der Waals surface area contributed by atoms with Crippen LogP contribution in [0, 0.1) is 0 Å². The van der Waals surface area contributed by atoms with Crippen LogP contribution in [-0.4, -0.2) is 35.1 Å². The normalized spacial score (nSPS) is 11.7. The molecular weight excluding hydrogens is 500 g/mol. The summed E-state index contributed by atoms with van der Waals surface area (Å²) >= 11 is 0. The van der Waals surface area contributed by atoms with Gasteiger partial charge in [0.05, 0.1) is 17.1 Å². The van der Waals surface area contributed by atoms with Crippen molar-refractivity contribution in [3.05, 3.63) is 58.7 Å². The summed E-state index contributed by atoms with van der Waals surface area (Å²) < 4.78 is 0. The fourth-order valence-electron chi connectivity index (χ4n) is 4.22. The molecule has 0 saturated carbocycles. The topological polar surface area (TPSA) is 93.0 Å². The number of aliphatic imine (C=N–C) groups is 2. The SMILES string of the molecule is CCCCC(C=Nc1ccc(CC(=O)CC)c(CC(=O)CC)c1)=Nc1ccc(CC(=O)CC)c(CC(=O)CC)c1. The van der Waals surface area contributed by atoms with Gasteiger partial charge in [0.1, 0.15) is 23.1 Å². The minimum absolute atomic E-state index is 0.123. The Morgan fingerprint density at radius 2 is 1.02 bits per heavy atom. The number of Topliss-reactive ketones (excluding diaryl/α,β-unsaturated/α-hetero) is 4. The Balaban J connectivity index is 2.43. The summed E-state index contributed by atoms with van der Waals surface area (Å²) in [6.07, 6.45) is 7.48. The lowest BCUT2D eigenvalue weighted by molar-refractivity contribution is -0.119. The quantitative estimate of drug-likeness (QED) is 0.182. The second kappa shape index (κ2) is 17.2. The number of nitrogens with zero attached hydrogens (tertiary/aromatic N) is 2. The molecule has 2 aromatic carbocycles. The molecule has 0 aromatic heterocycles. The standard InChI is InChI=1S/C34H44N2O4/c1-6-11-12-30(36-29-16-14-25(20-32(38)8-3)27(18-29)22-34(40)10-5)23-35-28-15-13-24(19-31(37)7-2)26(17-28)21-33(39)9-4/h13-18,23H,6-12,19-22H2,1-5H3. The molecule has 6 nitrogen and oxygen atoms in total. The number of ketones is 4. The van der Waals surface area contributed by atoms with Crippen molar-refractivity contribution in [2.45, 2.75) is 105 Å². The van der Waals surface area contributed by atoms with Crippen LogP contribution in [0.2, 0.25) is 0 Å². The Morgan fingerprint density at radius 3 is 1.48 bits per heavy atom. The molecule has 0 aliphatic heterocycles. The van der Waals surface area contributed by atoms with E-state index < -0.39 is 0 Å². The predicted octanol–water partition coefficient (Wildman–Crippen LogP) is 7.44. The maximum Gasteiger partial charge on any atom is 0.137 e. The van der Waals surface area contributed by atoms with Gasteiger partial charge in [0.25, 0.3) is 0 Å². The Kier molecular flexibility index (Phi) is 14.1. The maximum absolute atomic E-state index is 12.3. The van der Waals surface area contributed by atoms with E-state index in [1.807, 2.05) is 64.1 Å². The maximum atomic E-state index is 12.3. The van der Waals surface area contributed by atoms with Gasteiger partial charge in [-0.25, -0.2) is 0 Å². The van der Waals surface area contributed by atoms with Gasteiger partial charge in [0.15, 0.2) is 0 Å². The van der Waals surface area contributed by atoms with Gasteiger partial charge < -0.3 is 0 Å². The molecule has 0 atom stereocenters. The summed E-state index contributed by atoms with van der Waals surface area (Å²) in [6.45, 7) is 9.50. The molecule has 0 saturated heterocycles. The fraction of sp³-hybridized carbons (Fsp3) is 0.471. The Morgan fingerprint density at radius 1 is 0.600 bits per heavy atom. The van der Waals surface area contributed by atoms with Gasteiger partial charge in [0.2, 0.25) is 0 Å². The van der Waals surface area contributed by atoms with Crippen molar-refractivity contribution >= 4 is 46.4 Å². The molecule has 0 aliphatic carbocycles. The second-order valence-corrected chi connectivity index (χ2v) is 10.1. The van der Waals surface area contributed by atoms with Gasteiger partial charge in [-0.3, -0.25) is 29.2 Å². The average Bonchev–Trinajstić information content (AvgIpc) is 2.96. The van der Waals surface area contributed by atoms with Gasteiger partial charge in [0, 0.05) is 57.6 Å². The van der Waals surface area contributed by atoms with Crippen LogP contribution in [0.5, 0.6) is 0 Å². The van der Waals surface area contributed by atoms with E-state index in [0.717, 1.165) is 52.9 Å². The third kappa shape index (κ3) is 10.9. The molecule has 0 unspecified atom stereocenters. The molecule has 2 aromatic rings. The molecule has 0 bridgehead atoms. The number of carbonyl (C=O) groups excluding carboxylic acids is 4. The molecular formula is C34H44N2O4. The van der Waals surface area contributed by atoms with E-state index in [4.69, 9.17) is 9.98 Å². The molecule has 0 heterocycles. The largest absolute Gasteiger partial charge is 0.299 e. The lowest BCUT2D eigenvalue weighted by Crippen LogP contribution is -2.08. The van der Waals surface area contributed by atoms with E-state index in [1.54, 1.807) is 6.21 Å². The monoisotopic (exact) mass is 544 g/mol. The van der Waals surface area contributed by atoms with Gasteiger partial charge in [-0.2, -0.15) is 0 Å². The first-order valence-corrected chi connectivity index (χ1v) is 14.6. The van der Waals surface area contributed by atoms with Crippen molar-refractivity contribution in [2.24, 2.45) is 9.98 Å². The van der Waals surface area contributed by atoms with Crippen LogP contribution >= 0.6 is 0 Å². The third-order valence-electron chi connectivity index (χ3n) is 6.93. The van der Waals surface area contributed by atoms with Crippen LogP contribution in [0.3, 0.4) is 0 Å². The van der Waals surface area contributed by atoms with E-state index in [0.29, 0.717) is 44.2 Å². The third-order valence-corrected chi connectivity index (χ3v) is 6.93. The minimum Gasteiger partial charge on any atom is -0.299 e. The van der Waals surface area contributed by atoms with Crippen LogP contribution in [0.4, 0.5) is 11.4 Å². The van der Waals surface area contributed by atoms with Crippen molar-refractivity contribution in [1.29, 1.82) is 0 Å². The molecule has 0 amide bonds. The number of hydrogen-bond acceptors (Lipinski definition) is 6. The van der Waals surface area contributed by atoms with Crippen molar-refractivity contribution in [1.82, 2.24) is 0 Å². The Hall–Kier alpha value is -3.54. The first kappa shape index (κ1) is 32.7. The van der Waals surface area contributed by atoms with E-state index in [1.165, 1.54) is 0 Å². The van der Waals surface area contributed by atoms with Crippen molar-refractivity contribution < 1.29 is 19.2 Å². The lowest BCUT2D eigenvalue weighted by atomic mass is 9.96. The Bertz CT molecular complexity index is 1260. The number of unbranched alkanes of at least 4 members (excludes halogenated alkanes) is 1. The number of hydrogen-bond donors (Lipinski definition) is 0. The first-order chi connectivity index (χ1) is 19.2. The van der Waals surface area contributed by atoms with Crippen molar-refractivity contribution in [2.75, 3.05) is 0 Å². The highest BCUT2D eigenvalue weighted by Crippen LogP contribution is 2.23. The van der Waals surface area contributed by atoms with Gasteiger partial charge in [-0.1, -0.05) is 53.2 Å². The molecule has 214 valence electrons. The summed E-state index contributed by atoms with van der Waals surface area (Å²) in [6, 6.07) is 11.4. The van der Waals surface area contributed by atoms with Gasteiger partial charge >= 0.3 is 0 Å². The van der Waals surface area contributed by atoms with Crippen LogP contribution in [0.15, 0.2) is 46.4 Å². The van der Waals surface area contributed by atoms with E-state index >= 15 is 0 Å². The summed E-state index contributed by atoms with van der Waals surface area (Å²) in [5, 5.41) is 0. The number of rotatable bonds is 18. The van der Waals surface area contributed by atoms with Gasteiger partial charge in [-0.05, 0) is 59.4 Å². The summed E-state index contributed by atoms with van der Waals surface area (Å²) in [5.41, 5.74) is 5.70. The first-order valence-electron chi connectivity index (χ1n) is 14.6. The van der Waals surface area contributed by atoms with E-state index in [2.05, 4.69) is 6.92 Å². The van der Waals surface area contributed by atoms with Crippen LogP contribution in [0.25, 0.3) is 0 Å². The summed E-state index contributed by atoms with van der Waals surface area (Å²) in [7, 11) is 0. The van der Waals surface area contributed by atoms with Gasteiger partial charge in [-0.15, -0.1) is 0 Å². The predicted molar refractivity (Wildman–Crippen MR) is 164 cm³/mol. The average molecular weight is 545 g/mol. The summed E-state index contributed by atoms with van der Waals surface area (Å²) in [4.78, 5) is 58.2. The van der Waals surface area contributed by atoms with E-state index in [-0.39, 0.29) is 36.0 Å². The highest BCUT2D eigenvalue weighted by atomic mass is 16.1. The highest BCUT2D eigenvalue weighted by molar-refractivity contribution is 6.31. The van der Waals surface area contributed by atoms with Crippen LogP contribution < -0.4 is 0 Å². The highest BCUT2D eigenvalue weighted by Gasteiger charge is 2.13. The molecule has 0 N–H and O–H groups in total. The van der Waals surface area contributed by atoms with Crippen molar-refractivity contribution in [3.63, 3.8) is 0 Å². The summed E-state index contributed by atoms with van der Waals surface area (Å²) in [5.74, 6) is 0.529. The second-order valence-electron chi connectivity index (χ2n) is 10.1. The zero-order valence-corrected chi connectivity index (χ0v) is 24.8. The molecule has 0 radical (unpaired) electrons. The molecule has 2 rings (SSSR count). The van der Waals surface area contributed by atoms with E-state index in [9.17, 15) is 19.2 Å². The zero-order valence-electron chi connectivity index (χ0n) is 24.8. The lowest BCUT2D eigenvalue weighted by Gasteiger charge is -2.10. The number of carbonyl (C=O) groups is 4. The number of benzene rings is 2. The van der Waals surface area contributed by atoms with Crippen LogP contribution in [-0.2, 0) is 44.9 Å². The molecule has 0 fully saturated rings. The molecule has 0 spiro atoms. The molecule has 6 heteroatoms. The fourth-order valence-corrected chi connectivity index (χ4v) is 4.22. The molecule has 0 aliphatic rings. The smallest absolute Gasteiger partial charge is 0.137 e. The minimum atomic E-state index is 0.123. The molecule has 40 heavy (non-hydrogen) atoms. The Labute approximate surface area is 239 Å². The zero-order chi connectivity index (χ0) is 29.5. The van der Waals surface area contributed by atoms with Crippen molar-refractivity contribution in [3.8, 4) is 0 Å². The van der Waals surface area contributed by atoms with Crippen LogP contribution in [0.1, 0.15) is 102 Å².